The molecule has 23 heavy (non-hydrogen) atoms. The van der Waals surface area contributed by atoms with Crippen molar-refractivity contribution in [3.05, 3.63) is 23.8 Å². The number of methoxy groups -OCH3 is 1. The molecule has 1 aliphatic rings. The average Bonchev–Trinajstić information content (AvgIpc) is 2.55. The van der Waals surface area contributed by atoms with E-state index >= 15 is 0 Å². The molecular formula is C19H31NO3. The summed E-state index contributed by atoms with van der Waals surface area (Å²) in [5.74, 6) is 2.29. The van der Waals surface area contributed by atoms with Gasteiger partial charge in [-0.1, -0.05) is 6.07 Å². The van der Waals surface area contributed by atoms with E-state index in [1.54, 1.807) is 7.11 Å². The number of benzene rings is 1. The molecule has 0 saturated carbocycles. The van der Waals surface area contributed by atoms with Gasteiger partial charge < -0.3 is 19.5 Å². The molecule has 1 heterocycles. The first kappa shape index (κ1) is 18.1. The molecule has 2 unspecified atom stereocenters. The van der Waals surface area contributed by atoms with Gasteiger partial charge in [-0.15, -0.1) is 0 Å². The van der Waals surface area contributed by atoms with Gasteiger partial charge in [0.2, 0.25) is 0 Å². The predicted molar refractivity (Wildman–Crippen MR) is 93.3 cm³/mol. The Labute approximate surface area is 140 Å². The third kappa shape index (κ3) is 5.11. The molecule has 0 aliphatic carbocycles. The summed E-state index contributed by atoms with van der Waals surface area (Å²) in [6, 6.07) is 6.95. The Kier molecular flexibility index (Phi) is 6.72. The second kappa shape index (κ2) is 8.55. The molecule has 4 heteroatoms. The summed E-state index contributed by atoms with van der Waals surface area (Å²) < 4.78 is 16.7. The average molecular weight is 321 g/mol. The molecule has 2 rings (SSSR count). The van der Waals surface area contributed by atoms with Crippen molar-refractivity contribution in [3.8, 4) is 11.5 Å². The van der Waals surface area contributed by atoms with E-state index in [2.05, 4.69) is 31.3 Å². The van der Waals surface area contributed by atoms with E-state index < -0.39 is 0 Å². The SMILES string of the molecule is COc1cc(C(C)NC(C)C2CCOCC2)ccc1OC(C)C. The lowest BCUT2D eigenvalue weighted by atomic mass is 9.92. The highest BCUT2D eigenvalue weighted by molar-refractivity contribution is 5.43. The standard InChI is InChI=1S/C19H31NO3/c1-13(2)23-18-7-6-17(12-19(18)21-5)15(4)20-14(3)16-8-10-22-11-9-16/h6-7,12-16,20H,8-11H2,1-5H3. The molecule has 0 spiro atoms. The highest BCUT2D eigenvalue weighted by atomic mass is 16.5. The van der Waals surface area contributed by atoms with Gasteiger partial charge in [-0.05, 0) is 64.2 Å². The summed E-state index contributed by atoms with van der Waals surface area (Å²) in [4.78, 5) is 0. The van der Waals surface area contributed by atoms with Crippen LogP contribution in [0, 0.1) is 5.92 Å². The molecule has 1 saturated heterocycles. The smallest absolute Gasteiger partial charge is 0.161 e. The van der Waals surface area contributed by atoms with Crippen molar-refractivity contribution < 1.29 is 14.2 Å². The third-order valence-corrected chi connectivity index (χ3v) is 4.54. The summed E-state index contributed by atoms with van der Waals surface area (Å²) >= 11 is 0. The van der Waals surface area contributed by atoms with Crippen molar-refractivity contribution in [1.29, 1.82) is 0 Å². The minimum Gasteiger partial charge on any atom is -0.493 e. The van der Waals surface area contributed by atoms with Crippen LogP contribution in [-0.4, -0.2) is 32.5 Å². The highest BCUT2D eigenvalue weighted by Gasteiger charge is 2.22. The Morgan fingerprint density at radius 2 is 1.78 bits per heavy atom. The Morgan fingerprint density at radius 1 is 1.09 bits per heavy atom. The van der Waals surface area contributed by atoms with Crippen LogP contribution >= 0.6 is 0 Å². The molecular weight excluding hydrogens is 290 g/mol. The third-order valence-electron chi connectivity index (χ3n) is 4.54. The van der Waals surface area contributed by atoms with Crippen molar-refractivity contribution in [2.75, 3.05) is 20.3 Å². The van der Waals surface area contributed by atoms with Crippen molar-refractivity contribution in [2.45, 2.75) is 58.7 Å². The van der Waals surface area contributed by atoms with E-state index in [0.717, 1.165) is 37.6 Å². The fourth-order valence-electron chi connectivity index (χ4n) is 3.15. The van der Waals surface area contributed by atoms with E-state index in [4.69, 9.17) is 14.2 Å². The van der Waals surface area contributed by atoms with Crippen molar-refractivity contribution in [3.63, 3.8) is 0 Å². The summed E-state index contributed by atoms with van der Waals surface area (Å²) in [5.41, 5.74) is 1.22. The first-order chi connectivity index (χ1) is 11.0. The van der Waals surface area contributed by atoms with Crippen LogP contribution in [0.25, 0.3) is 0 Å². The molecule has 1 N–H and O–H groups in total. The van der Waals surface area contributed by atoms with Gasteiger partial charge in [-0.25, -0.2) is 0 Å². The molecule has 1 aromatic carbocycles. The molecule has 1 aromatic rings. The van der Waals surface area contributed by atoms with E-state index in [9.17, 15) is 0 Å². The lowest BCUT2D eigenvalue weighted by Crippen LogP contribution is -2.38. The molecule has 1 aliphatic heterocycles. The van der Waals surface area contributed by atoms with Gasteiger partial charge in [-0.3, -0.25) is 0 Å². The van der Waals surface area contributed by atoms with Gasteiger partial charge in [0.25, 0.3) is 0 Å². The molecule has 0 bridgehead atoms. The second-order valence-electron chi connectivity index (χ2n) is 6.70. The van der Waals surface area contributed by atoms with Gasteiger partial charge in [0.1, 0.15) is 0 Å². The van der Waals surface area contributed by atoms with E-state index in [1.165, 1.54) is 5.56 Å². The van der Waals surface area contributed by atoms with Gasteiger partial charge in [-0.2, -0.15) is 0 Å². The number of hydrogen-bond acceptors (Lipinski definition) is 4. The maximum Gasteiger partial charge on any atom is 0.161 e. The van der Waals surface area contributed by atoms with Crippen molar-refractivity contribution in [2.24, 2.45) is 5.92 Å². The number of hydrogen-bond donors (Lipinski definition) is 1. The molecule has 0 radical (unpaired) electrons. The fraction of sp³-hybridized carbons (Fsp3) is 0.684. The summed E-state index contributed by atoms with van der Waals surface area (Å²) in [7, 11) is 1.69. The first-order valence-electron chi connectivity index (χ1n) is 8.69. The monoisotopic (exact) mass is 321 g/mol. The Morgan fingerprint density at radius 3 is 2.39 bits per heavy atom. The second-order valence-corrected chi connectivity index (χ2v) is 6.70. The van der Waals surface area contributed by atoms with E-state index in [1.807, 2.05) is 19.9 Å². The Balaban J connectivity index is 2.02. The molecule has 2 atom stereocenters. The zero-order valence-corrected chi connectivity index (χ0v) is 15.1. The zero-order chi connectivity index (χ0) is 16.8. The first-order valence-corrected chi connectivity index (χ1v) is 8.69. The lowest BCUT2D eigenvalue weighted by molar-refractivity contribution is 0.0547. The van der Waals surface area contributed by atoms with Crippen LogP contribution in [0.1, 0.15) is 52.1 Å². The topological polar surface area (TPSA) is 39.7 Å². The molecule has 0 amide bonds. The van der Waals surface area contributed by atoms with Crippen LogP contribution in [0.15, 0.2) is 18.2 Å². The highest BCUT2D eigenvalue weighted by Crippen LogP contribution is 2.31. The van der Waals surface area contributed by atoms with Gasteiger partial charge in [0.05, 0.1) is 13.2 Å². The summed E-state index contributed by atoms with van der Waals surface area (Å²) in [6.07, 6.45) is 2.43. The van der Waals surface area contributed by atoms with Gasteiger partial charge in [0, 0.05) is 25.3 Å². The maximum atomic E-state index is 5.79. The largest absolute Gasteiger partial charge is 0.493 e. The van der Waals surface area contributed by atoms with Crippen LogP contribution in [0.3, 0.4) is 0 Å². The fourth-order valence-corrected chi connectivity index (χ4v) is 3.15. The van der Waals surface area contributed by atoms with Gasteiger partial charge >= 0.3 is 0 Å². The molecule has 0 aromatic heterocycles. The maximum absolute atomic E-state index is 5.79. The van der Waals surface area contributed by atoms with Crippen LogP contribution < -0.4 is 14.8 Å². The number of rotatable bonds is 7. The van der Waals surface area contributed by atoms with Gasteiger partial charge in [0.15, 0.2) is 11.5 Å². The summed E-state index contributed by atoms with van der Waals surface area (Å²) in [6.45, 7) is 10.3. The minimum atomic E-state index is 0.138. The molecule has 4 nitrogen and oxygen atoms in total. The number of ether oxygens (including phenoxy) is 3. The van der Waals surface area contributed by atoms with Crippen LogP contribution in [0.5, 0.6) is 11.5 Å². The van der Waals surface area contributed by atoms with E-state index in [0.29, 0.717) is 12.0 Å². The van der Waals surface area contributed by atoms with Crippen LogP contribution in [0.2, 0.25) is 0 Å². The molecule has 1 fully saturated rings. The minimum absolute atomic E-state index is 0.138. The normalized spacial score (nSPS) is 18.7. The zero-order valence-electron chi connectivity index (χ0n) is 15.1. The predicted octanol–water partition coefficient (Wildman–Crippen LogP) is 3.95. The van der Waals surface area contributed by atoms with Crippen LogP contribution in [0.4, 0.5) is 0 Å². The Hall–Kier alpha value is -1.26. The Bertz CT molecular complexity index is 484. The molecule has 130 valence electrons. The van der Waals surface area contributed by atoms with Crippen molar-refractivity contribution >= 4 is 0 Å². The van der Waals surface area contributed by atoms with Crippen molar-refractivity contribution in [1.82, 2.24) is 5.32 Å². The van der Waals surface area contributed by atoms with E-state index in [-0.39, 0.29) is 12.1 Å². The lowest BCUT2D eigenvalue weighted by Gasteiger charge is -2.31. The van der Waals surface area contributed by atoms with Crippen LogP contribution in [-0.2, 0) is 4.74 Å². The number of nitrogens with one attached hydrogen (secondary N) is 1. The summed E-state index contributed by atoms with van der Waals surface area (Å²) in [5, 5.41) is 3.73. The quantitative estimate of drug-likeness (QED) is 0.825.